The first-order chi connectivity index (χ1) is 12.5. The molecular weight excluding hydrogens is 464 g/mol. The van der Waals surface area contributed by atoms with Crippen LogP contribution in [0.4, 0.5) is 4.39 Å². The van der Waals surface area contributed by atoms with Crippen LogP contribution in [0, 0.1) is 5.82 Å². The van der Waals surface area contributed by atoms with Gasteiger partial charge in [0.25, 0.3) is 0 Å². The number of ether oxygens (including phenoxy) is 2. The molecule has 0 aliphatic heterocycles. The van der Waals surface area contributed by atoms with Crippen LogP contribution in [-0.4, -0.2) is 32.3 Å². The van der Waals surface area contributed by atoms with E-state index in [9.17, 15) is 9.50 Å². The third kappa shape index (κ3) is 6.16. The summed E-state index contributed by atoms with van der Waals surface area (Å²) in [5, 5.41) is 16.3. The van der Waals surface area contributed by atoms with Crippen LogP contribution in [0.5, 0.6) is 17.2 Å². The zero-order valence-corrected chi connectivity index (χ0v) is 18.1. The molecule has 1 unspecified atom stereocenters. The maximum atomic E-state index is 13.9. The molecule has 3 N–H and O–H groups in total. The number of hydrogen-bond donors (Lipinski definition) is 3. The standard InChI is InChI=1S/C19H24FN3O3.HI/c1-12(13-5-8-18(26-4)16(20)10-13)23-19(21-2)22-11-14-9-15(25-3)6-7-17(14)24;/h5-10,12,24H,11H2,1-4H3,(H2,21,22,23);1H. The van der Waals surface area contributed by atoms with Gasteiger partial charge in [0.1, 0.15) is 11.5 Å². The second kappa shape index (κ2) is 10.8. The molecule has 2 aromatic rings. The Bertz CT molecular complexity index is 787. The lowest BCUT2D eigenvalue weighted by Gasteiger charge is -2.19. The van der Waals surface area contributed by atoms with Gasteiger partial charge in [0.05, 0.1) is 20.3 Å². The Morgan fingerprint density at radius 2 is 1.93 bits per heavy atom. The highest BCUT2D eigenvalue weighted by Crippen LogP contribution is 2.23. The summed E-state index contributed by atoms with van der Waals surface area (Å²) in [7, 11) is 4.64. The number of phenols is 1. The smallest absolute Gasteiger partial charge is 0.191 e. The van der Waals surface area contributed by atoms with Crippen LogP contribution < -0.4 is 20.1 Å². The topological polar surface area (TPSA) is 75.1 Å². The van der Waals surface area contributed by atoms with Gasteiger partial charge >= 0.3 is 0 Å². The van der Waals surface area contributed by atoms with Crippen molar-refractivity contribution in [2.75, 3.05) is 21.3 Å². The predicted molar refractivity (Wildman–Crippen MR) is 115 cm³/mol. The summed E-state index contributed by atoms with van der Waals surface area (Å²) in [4.78, 5) is 4.16. The molecule has 2 aromatic carbocycles. The fourth-order valence-electron chi connectivity index (χ4n) is 2.44. The quantitative estimate of drug-likeness (QED) is 0.329. The highest BCUT2D eigenvalue weighted by molar-refractivity contribution is 14.0. The van der Waals surface area contributed by atoms with Gasteiger partial charge in [-0.05, 0) is 42.8 Å². The average Bonchev–Trinajstić information content (AvgIpc) is 2.65. The Labute approximate surface area is 175 Å². The second-order valence-electron chi connectivity index (χ2n) is 5.68. The third-order valence-electron chi connectivity index (χ3n) is 3.99. The normalized spacial score (nSPS) is 12.0. The molecule has 0 bridgehead atoms. The van der Waals surface area contributed by atoms with E-state index in [4.69, 9.17) is 9.47 Å². The minimum Gasteiger partial charge on any atom is -0.508 e. The maximum absolute atomic E-state index is 13.9. The average molecular weight is 489 g/mol. The third-order valence-corrected chi connectivity index (χ3v) is 3.99. The van der Waals surface area contributed by atoms with Crippen molar-refractivity contribution in [1.29, 1.82) is 0 Å². The van der Waals surface area contributed by atoms with Gasteiger partial charge in [0.15, 0.2) is 17.5 Å². The van der Waals surface area contributed by atoms with Crippen LogP contribution in [-0.2, 0) is 6.54 Å². The highest BCUT2D eigenvalue weighted by atomic mass is 127. The van der Waals surface area contributed by atoms with Gasteiger partial charge in [-0.25, -0.2) is 4.39 Å². The molecule has 148 valence electrons. The zero-order chi connectivity index (χ0) is 19.1. The molecule has 8 heteroatoms. The number of nitrogens with one attached hydrogen (secondary N) is 2. The lowest BCUT2D eigenvalue weighted by atomic mass is 10.1. The molecule has 0 amide bonds. The number of phenolic OH excluding ortho intramolecular Hbond substituents is 1. The monoisotopic (exact) mass is 489 g/mol. The summed E-state index contributed by atoms with van der Waals surface area (Å²) in [6.07, 6.45) is 0. The summed E-state index contributed by atoms with van der Waals surface area (Å²) in [6, 6.07) is 9.64. The summed E-state index contributed by atoms with van der Waals surface area (Å²) in [5.41, 5.74) is 1.44. The molecule has 0 heterocycles. The summed E-state index contributed by atoms with van der Waals surface area (Å²) in [5.74, 6) is 1.14. The number of aromatic hydroxyl groups is 1. The van der Waals surface area contributed by atoms with E-state index in [0.29, 0.717) is 23.8 Å². The molecule has 1 atom stereocenters. The lowest BCUT2D eigenvalue weighted by Crippen LogP contribution is -2.38. The van der Waals surface area contributed by atoms with Crippen molar-refractivity contribution in [3.05, 3.63) is 53.3 Å². The maximum Gasteiger partial charge on any atom is 0.191 e. The molecule has 0 saturated heterocycles. The summed E-state index contributed by atoms with van der Waals surface area (Å²) < 4.78 is 24.0. The van der Waals surface area contributed by atoms with Crippen molar-refractivity contribution in [2.24, 2.45) is 4.99 Å². The van der Waals surface area contributed by atoms with Crippen molar-refractivity contribution in [1.82, 2.24) is 10.6 Å². The Morgan fingerprint density at radius 1 is 1.19 bits per heavy atom. The Hall–Kier alpha value is -2.23. The number of nitrogens with zero attached hydrogens (tertiary/aromatic N) is 1. The van der Waals surface area contributed by atoms with Gasteiger partial charge in [-0.2, -0.15) is 0 Å². The van der Waals surface area contributed by atoms with E-state index in [1.807, 2.05) is 6.92 Å². The summed E-state index contributed by atoms with van der Waals surface area (Å²) >= 11 is 0. The first kappa shape index (κ1) is 22.8. The van der Waals surface area contributed by atoms with Crippen LogP contribution in [0.3, 0.4) is 0 Å². The van der Waals surface area contributed by atoms with E-state index in [-0.39, 0.29) is 41.5 Å². The number of methoxy groups -OCH3 is 2. The van der Waals surface area contributed by atoms with Gasteiger partial charge in [-0.15, -0.1) is 24.0 Å². The first-order valence-corrected chi connectivity index (χ1v) is 8.15. The van der Waals surface area contributed by atoms with Crippen LogP contribution in [0.25, 0.3) is 0 Å². The Morgan fingerprint density at radius 3 is 2.52 bits per heavy atom. The first-order valence-electron chi connectivity index (χ1n) is 8.15. The van der Waals surface area contributed by atoms with Gasteiger partial charge in [-0.1, -0.05) is 6.07 Å². The molecule has 0 aliphatic rings. The molecule has 0 fully saturated rings. The number of aliphatic imine (C=N–C) groups is 1. The Kier molecular flexibility index (Phi) is 9.13. The second-order valence-corrected chi connectivity index (χ2v) is 5.68. The van der Waals surface area contributed by atoms with Gasteiger partial charge in [0.2, 0.25) is 0 Å². The van der Waals surface area contributed by atoms with E-state index in [1.165, 1.54) is 13.2 Å². The molecule has 6 nitrogen and oxygen atoms in total. The molecule has 0 aliphatic carbocycles. The molecule has 0 radical (unpaired) electrons. The molecule has 0 spiro atoms. The van der Waals surface area contributed by atoms with Gasteiger partial charge < -0.3 is 25.2 Å². The van der Waals surface area contributed by atoms with Crippen LogP contribution >= 0.6 is 24.0 Å². The van der Waals surface area contributed by atoms with Crippen molar-refractivity contribution >= 4 is 29.9 Å². The number of rotatable bonds is 6. The number of benzene rings is 2. The summed E-state index contributed by atoms with van der Waals surface area (Å²) in [6.45, 7) is 2.25. The fraction of sp³-hybridized carbons (Fsp3) is 0.316. The van der Waals surface area contributed by atoms with Gasteiger partial charge in [-0.3, -0.25) is 4.99 Å². The van der Waals surface area contributed by atoms with E-state index < -0.39 is 5.82 Å². The van der Waals surface area contributed by atoms with Crippen LogP contribution in [0.2, 0.25) is 0 Å². The van der Waals surface area contributed by atoms with Crippen molar-refractivity contribution < 1.29 is 19.0 Å². The molecule has 0 aromatic heterocycles. The number of guanidine groups is 1. The van der Waals surface area contributed by atoms with Crippen LogP contribution in [0.15, 0.2) is 41.4 Å². The number of hydrogen-bond acceptors (Lipinski definition) is 4. The van der Waals surface area contributed by atoms with E-state index >= 15 is 0 Å². The van der Waals surface area contributed by atoms with Gasteiger partial charge in [0, 0.05) is 19.2 Å². The van der Waals surface area contributed by atoms with E-state index in [1.54, 1.807) is 44.5 Å². The van der Waals surface area contributed by atoms with Crippen molar-refractivity contribution in [3.63, 3.8) is 0 Å². The minimum atomic E-state index is -0.414. The fourth-order valence-corrected chi connectivity index (χ4v) is 2.44. The minimum absolute atomic E-state index is 0. The van der Waals surface area contributed by atoms with E-state index in [2.05, 4.69) is 15.6 Å². The highest BCUT2D eigenvalue weighted by Gasteiger charge is 2.12. The lowest BCUT2D eigenvalue weighted by molar-refractivity contribution is 0.386. The predicted octanol–water partition coefficient (Wildman–Crippen LogP) is 3.59. The van der Waals surface area contributed by atoms with Crippen molar-refractivity contribution in [3.8, 4) is 17.2 Å². The molecule has 2 rings (SSSR count). The molecular formula is C19H25FIN3O3. The number of halogens is 2. The SMILES string of the molecule is CN=C(NCc1cc(OC)ccc1O)NC(C)c1ccc(OC)c(F)c1.I. The largest absolute Gasteiger partial charge is 0.508 e. The zero-order valence-electron chi connectivity index (χ0n) is 15.7. The van der Waals surface area contributed by atoms with Crippen LogP contribution in [0.1, 0.15) is 24.1 Å². The Balaban J connectivity index is 0.00000364. The molecule has 0 saturated carbocycles. The van der Waals surface area contributed by atoms with Crippen molar-refractivity contribution in [2.45, 2.75) is 19.5 Å². The van der Waals surface area contributed by atoms with E-state index in [0.717, 1.165) is 5.56 Å². The molecule has 27 heavy (non-hydrogen) atoms.